The number of aliphatic hydroxyl groups is 1. The topological polar surface area (TPSA) is 64.1 Å². The number of hydrogen-bond donors (Lipinski definition) is 2. The predicted molar refractivity (Wildman–Crippen MR) is 74.2 cm³/mol. The van der Waals surface area contributed by atoms with Crippen LogP contribution in [0.2, 0.25) is 0 Å². The number of nitrogen functional groups attached to an aromatic ring is 1. The fourth-order valence-electron chi connectivity index (χ4n) is 2.11. The molecule has 0 fully saturated rings. The Kier molecular flexibility index (Phi) is 3.57. The second kappa shape index (κ2) is 4.98. The normalized spacial score (nSPS) is 13.4. The highest BCUT2D eigenvalue weighted by Crippen LogP contribution is 2.23. The minimum Gasteiger partial charge on any atom is -0.399 e. The summed E-state index contributed by atoms with van der Waals surface area (Å²) < 4.78 is 2.10. The summed E-state index contributed by atoms with van der Waals surface area (Å²) in [4.78, 5) is 4.48. The first-order valence-corrected chi connectivity index (χ1v) is 6.42. The Labute approximate surface area is 107 Å². The molecular weight excluding hydrogens is 226 g/mol. The van der Waals surface area contributed by atoms with E-state index < -0.39 is 6.10 Å². The zero-order chi connectivity index (χ0) is 13.3. The SMILES string of the molecule is CC(C)CCn1c(C(C)O)nc2cc(N)ccc21. The lowest BCUT2D eigenvalue weighted by Gasteiger charge is -2.12. The minimum absolute atomic E-state index is 0.564. The van der Waals surface area contributed by atoms with E-state index in [0.717, 1.165) is 29.8 Å². The van der Waals surface area contributed by atoms with Gasteiger partial charge < -0.3 is 15.4 Å². The van der Waals surface area contributed by atoms with Crippen molar-refractivity contribution in [3.8, 4) is 0 Å². The summed E-state index contributed by atoms with van der Waals surface area (Å²) in [5.74, 6) is 1.34. The maximum atomic E-state index is 9.83. The molecule has 1 heterocycles. The van der Waals surface area contributed by atoms with Gasteiger partial charge in [-0.25, -0.2) is 4.98 Å². The third-order valence-electron chi connectivity index (χ3n) is 3.11. The van der Waals surface area contributed by atoms with Crippen molar-refractivity contribution in [3.05, 3.63) is 24.0 Å². The van der Waals surface area contributed by atoms with E-state index in [0.29, 0.717) is 11.6 Å². The van der Waals surface area contributed by atoms with E-state index in [-0.39, 0.29) is 0 Å². The highest BCUT2D eigenvalue weighted by Gasteiger charge is 2.14. The third-order valence-corrected chi connectivity index (χ3v) is 3.11. The van der Waals surface area contributed by atoms with E-state index in [1.165, 1.54) is 0 Å². The summed E-state index contributed by atoms with van der Waals surface area (Å²) in [7, 11) is 0. The highest BCUT2D eigenvalue weighted by atomic mass is 16.3. The van der Waals surface area contributed by atoms with Crippen LogP contribution in [-0.2, 0) is 6.54 Å². The summed E-state index contributed by atoms with van der Waals surface area (Å²) in [5, 5.41) is 9.83. The number of aliphatic hydroxyl groups excluding tert-OH is 1. The van der Waals surface area contributed by atoms with Crippen LogP contribution in [0.1, 0.15) is 39.1 Å². The molecule has 0 radical (unpaired) electrons. The van der Waals surface area contributed by atoms with E-state index >= 15 is 0 Å². The van der Waals surface area contributed by atoms with Gasteiger partial charge in [-0.1, -0.05) is 13.8 Å². The largest absolute Gasteiger partial charge is 0.399 e. The summed E-state index contributed by atoms with van der Waals surface area (Å²) in [5.41, 5.74) is 8.37. The Morgan fingerprint density at radius 2 is 2.06 bits per heavy atom. The molecule has 0 aliphatic rings. The number of hydrogen-bond acceptors (Lipinski definition) is 3. The van der Waals surface area contributed by atoms with Crippen molar-refractivity contribution < 1.29 is 5.11 Å². The number of fused-ring (bicyclic) bond motifs is 1. The second-order valence-corrected chi connectivity index (χ2v) is 5.23. The zero-order valence-electron chi connectivity index (χ0n) is 11.2. The van der Waals surface area contributed by atoms with Crippen molar-refractivity contribution in [2.45, 2.75) is 39.8 Å². The average Bonchev–Trinajstić information content (AvgIpc) is 2.64. The standard InChI is InChI=1S/C14H21N3O/c1-9(2)6-7-17-13-5-4-11(15)8-12(13)16-14(17)10(3)18/h4-5,8-10,18H,6-7,15H2,1-3H3. The number of aryl methyl sites for hydroxylation is 1. The first-order chi connectivity index (χ1) is 8.49. The Balaban J connectivity index is 2.48. The van der Waals surface area contributed by atoms with Crippen molar-refractivity contribution in [1.29, 1.82) is 0 Å². The molecule has 0 aliphatic carbocycles. The number of rotatable bonds is 4. The van der Waals surface area contributed by atoms with Crippen LogP contribution in [-0.4, -0.2) is 14.7 Å². The van der Waals surface area contributed by atoms with Gasteiger partial charge in [-0.2, -0.15) is 0 Å². The van der Waals surface area contributed by atoms with E-state index in [9.17, 15) is 5.11 Å². The van der Waals surface area contributed by atoms with E-state index in [1.54, 1.807) is 6.92 Å². The van der Waals surface area contributed by atoms with Crippen LogP contribution in [0.15, 0.2) is 18.2 Å². The summed E-state index contributed by atoms with van der Waals surface area (Å²) in [6, 6.07) is 5.71. The van der Waals surface area contributed by atoms with Crippen molar-refractivity contribution in [3.63, 3.8) is 0 Å². The molecule has 0 saturated carbocycles. The number of nitrogens with two attached hydrogens (primary N) is 1. The molecule has 1 aromatic carbocycles. The Hall–Kier alpha value is -1.55. The molecule has 3 N–H and O–H groups in total. The lowest BCUT2D eigenvalue weighted by molar-refractivity contribution is 0.183. The fourth-order valence-corrected chi connectivity index (χ4v) is 2.11. The monoisotopic (exact) mass is 247 g/mol. The van der Waals surface area contributed by atoms with Crippen LogP contribution >= 0.6 is 0 Å². The first-order valence-electron chi connectivity index (χ1n) is 6.42. The molecule has 1 unspecified atom stereocenters. The van der Waals surface area contributed by atoms with E-state index in [1.807, 2.05) is 18.2 Å². The average molecular weight is 247 g/mol. The third kappa shape index (κ3) is 2.48. The van der Waals surface area contributed by atoms with Crippen LogP contribution in [0.3, 0.4) is 0 Å². The molecule has 2 rings (SSSR count). The van der Waals surface area contributed by atoms with Gasteiger partial charge in [-0.15, -0.1) is 0 Å². The van der Waals surface area contributed by atoms with Gasteiger partial charge in [0, 0.05) is 12.2 Å². The molecule has 98 valence electrons. The van der Waals surface area contributed by atoms with Gasteiger partial charge in [0.2, 0.25) is 0 Å². The van der Waals surface area contributed by atoms with E-state index in [2.05, 4.69) is 23.4 Å². The zero-order valence-corrected chi connectivity index (χ0v) is 11.2. The molecular formula is C14H21N3O. The smallest absolute Gasteiger partial charge is 0.138 e. The predicted octanol–water partition coefficient (Wildman–Crippen LogP) is 2.72. The van der Waals surface area contributed by atoms with Gasteiger partial charge in [-0.05, 0) is 37.5 Å². The van der Waals surface area contributed by atoms with Gasteiger partial charge in [0.1, 0.15) is 11.9 Å². The second-order valence-electron chi connectivity index (χ2n) is 5.23. The Bertz CT molecular complexity index is 543. The van der Waals surface area contributed by atoms with Crippen molar-refractivity contribution >= 4 is 16.7 Å². The summed E-state index contributed by atoms with van der Waals surface area (Å²) in [6.45, 7) is 7.01. The van der Waals surface area contributed by atoms with Crippen LogP contribution in [0.4, 0.5) is 5.69 Å². The molecule has 0 spiro atoms. The van der Waals surface area contributed by atoms with E-state index in [4.69, 9.17) is 5.73 Å². The summed E-state index contributed by atoms with van der Waals surface area (Å²) in [6.07, 6.45) is 0.501. The Morgan fingerprint density at radius 1 is 1.33 bits per heavy atom. The first kappa shape index (κ1) is 12.9. The number of aromatic nitrogens is 2. The van der Waals surface area contributed by atoms with Gasteiger partial charge in [0.25, 0.3) is 0 Å². The molecule has 2 aromatic rings. The number of imidazole rings is 1. The molecule has 0 bridgehead atoms. The molecule has 4 nitrogen and oxygen atoms in total. The maximum absolute atomic E-state index is 9.83. The number of anilines is 1. The fraction of sp³-hybridized carbons (Fsp3) is 0.500. The lowest BCUT2D eigenvalue weighted by Crippen LogP contribution is -2.08. The van der Waals surface area contributed by atoms with Gasteiger partial charge in [0.15, 0.2) is 0 Å². The molecule has 1 aromatic heterocycles. The lowest BCUT2D eigenvalue weighted by atomic mass is 10.1. The molecule has 4 heteroatoms. The number of nitrogens with zero attached hydrogens (tertiary/aromatic N) is 2. The molecule has 0 amide bonds. The Morgan fingerprint density at radius 3 is 2.67 bits per heavy atom. The molecule has 1 atom stereocenters. The van der Waals surface area contributed by atoms with Crippen LogP contribution in [0.25, 0.3) is 11.0 Å². The van der Waals surface area contributed by atoms with Gasteiger partial charge >= 0.3 is 0 Å². The highest BCUT2D eigenvalue weighted by molar-refractivity contribution is 5.79. The maximum Gasteiger partial charge on any atom is 0.138 e. The van der Waals surface area contributed by atoms with Crippen LogP contribution < -0.4 is 5.73 Å². The van der Waals surface area contributed by atoms with Crippen molar-refractivity contribution in [1.82, 2.24) is 9.55 Å². The van der Waals surface area contributed by atoms with Crippen molar-refractivity contribution in [2.75, 3.05) is 5.73 Å². The number of benzene rings is 1. The quantitative estimate of drug-likeness (QED) is 0.816. The molecule has 0 aliphatic heterocycles. The van der Waals surface area contributed by atoms with Gasteiger partial charge in [-0.3, -0.25) is 0 Å². The molecule has 18 heavy (non-hydrogen) atoms. The van der Waals surface area contributed by atoms with Crippen LogP contribution in [0.5, 0.6) is 0 Å². The van der Waals surface area contributed by atoms with Gasteiger partial charge in [0.05, 0.1) is 11.0 Å². The molecule has 0 saturated heterocycles. The van der Waals surface area contributed by atoms with Crippen molar-refractivity contribution in [2.24, 2.45) is 5.92 Å². The minimum atomic E-state index is -0.564. The van der Waals surface area contributed by atoms with Crippen LogP contribution in [0, 0.1) is 5.92 Å². The summed E-state index contributed by atoms with van der Waals surface area (Å²) >= 11 is 0.